The summed E-state index contributed by atoms with van der Waals surface area (Å²) in [6.07, 6.45) is 2.68. The summed E-state index contributed by atoms with van der Waals surface area (Å²) in [6.45, 7) is 6.77. The lowest BCUT2D eigenvalue weighted by Crippen LogP contribution is -2.40. The summed E-state index contributed by atoms with van der Waals surface area (Å²) < 4.78 is 0. The summed E-state index contributed by atoms with van der Waals surface area (Å²) >= 11 is 2.10. The minimum Gasteiger partial charge on any atom is -0.306 e. The first-order valence-electron chi connectivity index (χ1n) is 6.61. The van der Waals surface area contributed by atoms with Gasteiger partial charge in [-0.1, -0.05) is 36.8 Å². The van der Waals surface area contributed by atoms with Gasteiger partial charge in [0.2, 0.25) is 0 Å². The topological polar surface area (TPSA) is 12.0 Å². The number of hydrogen-bond acceptors (Lipinski definition) is 2. The first kappa shape index (κ1) is 13.0. The minimum absolute atomic E-state index is 0.460. The van der Waals surface area contributed by atoms with Gasteiger partial charge in [-0.2, -0.15) is 11.8 Å². The van der Waals surface area contributed by atoms with Crippen LogP contribution in [0, 0.1) is 6.92 Å². The van der Waals surface area contributed by atoms with Crippen molar-refractivity contribution in [2.45, 2.75) is 50.9 Å². The molecule has 1 heterocycles. The fraction of sp³-hybridized carbons (Fsp3) is 0.600. The van der Waals surface area contributed by atoms with Crippen LogP contribution >= 0.6 is 11.8 Å². The van der Waals surface area contributed by atoms with Crippen molar-refractivity contribution >= 4 is 11.8 Å². The second-order valence-electron chi connectivity index (χ2n) is 5.12. The molecule has 1 N–H and O–H groups in total. The van der Waals surface area contributed by atoms with Crippen molar-refractivity contribution in [3.8, 4) is 0 Å². The molecular weight excluding hydrogens is 226 g/mol. The van der Waals surface area contributed by atoms with Gasteiger partial charge in [0.15, 0.2) is 0 Å². The Kier molecular flexibility index (Phi) is 4.52. The Morgan fingerprint density at radius 2 is 2.00 bits per heavy atom. The normalized spacial score (nSPS) is 26.8. The highest BCUT2D eigenvalue weighted by molar-refractivity contribution is 7.99. The van der Waals surface area contributed by atoms with E-state index < -0.39 is 0 Å². The van der Waals surface area contributed by atoms with Gasteiger partial charge in [0.05, 0.1) is 0 Å². The van der Waals surface area contributed by atoms with E-state index in [9.17, 15) is 0 Å². The third kappa shape index (κ3) is 3.49. The molecule has 3 atom stereocenters. The fourth-order valence-corrected chi connectivity index (χ4v) is 3.57. The van der Waals surface area contributed by atoms with Crippen LogP contribution in [0.15, 0.2) is 24.3 Å². The molecule has 0 bridgehead atoms. The van der Waals surface area contributed by atoms with Crippen LogP contribution in [0.3, 0.4) is 0 Å². The summed E-state index contributed by atoms with van der Waals surface area (Å²) in [5.41, 5.74) is 2.74. The summed E-state index contributed by atoms with van der Waals surface area (Å²) in [4.78, 5) is 0. The van der Waals surface area contributed by atoms with Crippen molar-refractivity contribution in [1.29, 1.82) is 0 Å². The van der Waals surface area contributed by atoms with Crippen molar-refractivity contribution in [3.05, 3.63) is 35.4 Å². The van der Waals surface area contributed by atoms with E-state index in [1.54, 1.807) is 0 Å². The first-order valence-corrected chi connectivity index (χ1v) is 7.66. The lowest BCUT2D eigenvalue weighted by molar-refractivity contribution is 0.417. The molecule has 0 saturated carbocycles. The van der Waals surface area contributed by atoms with Crippen LogP contribution in [0.4, 0.5) is 0 Å². The number of hydrogen-bond donors (Lipinski definition) is 1. The van der Waals surface area contributed by atoms with Gasteiger partial charge in [0, 0.05) is 17.3 Å². The Morgan fingerprint density at radius 3 is 2.65 bits per heavy atom. The van der Waals surface area contributed by atoms with E-state index in [1.165, 1.54) is 29.7 Å². The quantitative estimate of drug-likeness (QED) is 0.871. The molecule has 1 aromatic rings. The Labute approximate surface area is 109 Å². The Balaban J connectivity index is 1.95. The van der Waals surface area contributed by atoms with Crippen LogP contribution in [0.25, 0.3) is 0 Å². The van der Waals surface area contributed by atoms with Gasteiger partial charge in [-0.25, -0.2) is 0 Å². The van der Waals surface area contributed by atoms with Crippen LogP contribution in [-0.4, -0.2) is 17.0 Å². The van der Waals surface area contributed by atoms with Gasteiger partial charge >= 0.3 is 0 Å². The minimum atomic E-state index is 0.460. The molecule has 1 fully saturated rings. The van der Waals surface area contributed by atoms with Crippen molar-refractivity contribution < 1.29 is 0 Å². The number of nitrogens with one attached hydrogen (secondary N) is 1. The highest BCUT2D eigenvalue weighted by Gasteiger charge is 2.23. The van der Waals surface area contributed by atoms with E-state index in [-0.39, 0.29) is 0 Å². The number of thioether (sulfide) groups is 1. The lowest BCUT2D eigenvalue weighted by Gasteiger charge is -2.32. The highest BCUT2D eigenvalue weighted by atomic mass is 32.2. The van der Waals surface area contributed by atoms with E-state index in [2.05, 4.69) is 62.1 Å². The van der Waals surface area contributed by atoms with Gasteiger partial charge in [0.25, 0.3) is 0 Å². The predicted octanol–water partition coefficient (Wildman–Crippen LogP) is 3.93. The van der Waals surface area contributed by atoms with Crippen LogP contribution < -0.4 is 5.32 Å². The molecule has 0 radical (unpaired) electrons. The summed E-state index contributed by atoms with van der Waals surface area (Å²) in [5.74, 6) is 1.33. The standard InChI is InChI=1S/C15H23NS/c1-11-6-8-14(9-7-11)12(2)16-15-5-4-10-17-13(15)3/h6-9,12-13,15-16H,4-5,10H2,1-3H3/t12-,13?,15?/m1/s1. The van der Waals surface area contributed by atoms with Crippen LogP contribution in [0.2, 0.25) is 0 Å². The number of aryl methyl sites for hydroxylation is 1. The maximum Gasteiger partial charge on any atom is 0.0294 e. The molecule has 2 unspecified atom stereocenters. The molecule has 1 saturated heterocycles. The molecule has 0 aliphatic carbocycles. The maximum atomic E-state index is 3.78. The third-order valence-corrected chi connectivity index (χ3v) is 5.03. The monoisotopic (exact) mass is 249 g/mol. The maximum absolute atomic E-state index is 3.78. The average Bonchev–Trinajstić information content (AvgIpc) is 2.33. The molecule has 94 valence electrons. The second-order valence-corrected chi connectivity index (χ2v) is 6.61. The largest absolute Gasteiger partial charge is 0.306 e. The van der Waals surface area contributed by atoms with Crippen molar-refractivity contribution in [3.63, 3.8) is 0 Å². The number of benzene rings is 1. The Bertz CT molecular complexity index is 346. The molecule has 2 heteroatoms. The molecule has 17 heavy (non-hydrogen) atoms. The molecule has 0 amide bonds. The zero-order chi connectivity index (χ0) is 12.3. The van der Waals surface area contributed by atoms with E-state index in [0.29, 0.717) is 12.1 Å². The molecule has 1 nitrogen and oxygen atoms in total. The zero-order valence-electron chi connectivity index (χ0n) is 11.1. The second kappa shape index (κ2) is 5.92. The summed E-state index contributed by atoms with van der Waals surface area (Å²) in [6, 6.07) is 10.0. The molecule has 0 spiro atoms. The Morgan fingerprint density at radius 1 is 1.29 bits per heavy atom. The first-order chi connectivity index (χ1) is 8.16. The summed E-state index contributed by atoms with van der Waals surface area (Å²) in [5, 5.41) is 4.53. The van der Waals surface area contributed by atoms with Crippen molar-refractivity contribution in [1.82, 2.24) is 5.32 Å². The van der Waals surface area contributed by atoms with Gasteiger partial charge < -0.3 is 5.32 Å². The predicted molar refractivity (Wildman–Crippen MR) is 77.7 cm³/mol. The van der Waals surface area contributed by atoms with Crippen LogP contribution in [0.5, 0.6) is 0 Å². The summed E-state index contributed by atoms with van der Waals surface area (Å²) in [7, 11) is 0. The van der Waals surface area contributed by atoms with Gasteiger partial charge in [-0.05, 0) is 38.0 Å². The van der Waals surface area contributed by atoms with Crippen LogP contribution in [-0.2, 0) is 0 Å². The molecule has 2 rings (SSSR count). The number of rotatable bonds is 3. The van der Waals surface area contributed by atoms with Crippen molar-refractivity contribution in [2.24, 2.45) is 0 Å². The van der Waals surface area contributed by atoms with Crippen LogP contribution in [0.1, 0.15) is 43.9 Å². The highest BCUT2D eigenvalue weighted by Crippen LogP contribution is 2.27. The fourth-order valence-electron chi connectivity index (χ4n) is 2.41. The van der Waals surface area contributed by atoms with E-state index in [1.807, 2.05) is 0 Å². The van der Waals surface area contributed by atoms with E-state index >= 15 is 0 Å². The smallest absolute Gasteiger partial charge is 0.0294 e. The molecule has 1 aromatic carbocycles. The van der Waals surface area contributed by atoms with Gasteiger partial charge in [-0.15, -0.1) is 0 Å². The third-order valence-electron chi connectivity index (χ3n) is 3.65. The average molecular weight is 249 g/mol. The van der Waals surface area contributed by atoms with E-state index in [4.69, 9.17) is 0 Å². The van der Waals surface area contributed by atoms with Crippen molar-refractivity contribution in [2.75, 3.05) is 5.75 Å². The lowest BCUT2D eigenvalue weighted by atomic mass is 10.0. The Hall–Kier alpha value is -0.470. The van der Waals surface area contributed by atoms with Gasteiger partial charge in [0.1, 0.15) is 0 Å². The molecule has 1 aliphatic heterocycles. The SMILES string of the molecule is Cc1ccc([C@@H](C)NC2CCCSC2C)cc1. The molecule has 0 aromatic heterocycles. The van der Waals surface area contributed by atoms with Gasteiger partial charge in [-0.3, -0.25) is 0 Å². The zero-order valence-corrected chi connectivity index (χ0v) is 11.9. The van der Waals surface area contributed by atoms with E-state index in [0.717, 1.165) is 5.25 Å². The molecule has 1 aliphatic rings. The molecular formula is C15H23NS.